The summed E-state index contributed by atoms with van der Waals surface area (Å²) in [6.07, 6.45) is 5.07. The van der Waals surface area contributed by atoms with Gasteiger partial charge in [-0.2, -0.15) is 0 Å². The molecule has 26 heavy (non-hydrogen) atoms. The van der Waals surface area contributed by atoms with Gasteiger partial charge in [-0.05, 0) is 61.2 Å². The standard InChI is InChI=1S/C21H20N2O2S/c1-15-8-9-19(14-22-15)25-18-6-3-5-17(13-18)16(2)23-21(24)11-10-20-7-4-12-26-20/h3-14,16H,1-2H3,(H,23,24)/b11-10+. The van der Waals surface area contributed by atoms with E-state index < -0.39 is 0 Å². The smallest absolute Gasteiger partial charge is 0.244 e. The molecule has 1 amide bonds. The number of thiophene rings is 1. The molecule has 1 aromatic carbocycles. The molecule has 0 radical (unpaired) electrons. The molecular weight excluding hydrogens is 344 g/mol. The first-order chi connectivity index (χ1) is 12.6. The van der Waals surface area contributed by atoms with E-state index in [1.165, 1.54) is 0 Å². The molecular formula is C21H20N2O2S. The molecule has 5 heteroatoms. The Kier molecular flexibility index (Phi) is 5.81. The fourth-order valence-corrected chi connectivity index (χ4v) is 3.00. The third kappa shape index (κ3) is 5.04. The zero-order chi connectivity index (χ0) is 18.4. The van der Waals surface area contributed by atoms with Crippen LogP contribution in [0.4, 0.5) is 0 Å². The first-order valence-electron chi connectivity index (χ1n) is 8.33. The number of aryl methyl sites for hydroxylation is 1. The number of hydrogen-bond acceptors (Lipinski definition) is 4. The minimum absolute atomic E-state index is 0.125. The number of amides is 1. The van der Waals surface area contributed by atoms with Gasteiger partial charge in [0.05, 0.1) is 12.2 Å². The van der Waals surface area contributed by atoms with Gasteiger partial charge in [0.25, 0.3) is 0 Å². The zero-order valence-electron chi connectivity index (χ0n) is 14.7. The van der Waals surface area contributed by atoms with Crippen LogP contribution >= 0.6 is 11.3 Å². The van der Waals surface area contributed by atoms with E-state index in [4.69, 9.17) is 4.74 Å². The van der Waals surface area contributed by atoms with E-state index >= 15 is 0 Å². The second kappa shape index (κ2) is 8.45. The highest BCUT2D eigenvalue weighted by Gasteiger charge is 2.09. The van der Waals surface area contributed by atoms with E-state index in [-0.39, 0.29) is 11.9 Å². The van der Waals surface area contributed by atoms with Gasteiger partial charge in [-0.15, -0.1) is 11.3 Å². The van der Waals surface area contributed by atoms with Crippen molar-refractivity contribution in [2.45, 2.75) is 19.9 Å². The number of nitrogens with zero attached hydrogens (tertiary/aromatic N) is 1. The molecule has 1 atom stereocenters. The Morgan fingerprint density at radius 1 is 1.19 bits per heavy atom. The molecule has 3 rings (SSSR count). The van der Waals surface area contributed by atoms with Crippen molar-refractivity contribution < 1.29 is 9.53 Å². The van der Waals surface area contributed by atoms with Crippen molar-refractivity contribution in [2.75, 3.05) is 0 Å². The van der Waals surface area contributed by atoms with Crippen LogP contribution in [0.5, 0.6) is 11.5 Å². The molecule has 0 spiro atoms. The molecule has 1 N–H and O–H groups in total. The fraction of sp³-hybridized carbons (Fsp3) is 0.143. The highest BCUT2D eigenvalue weighted by Crippen LogP contribution is 2.24. The van der Waals surface area contributed by atoms with Crippen LogP contribution < -0.4 is 10.1 Å². The molecule has 0 bridgehead atoms. The SMILES string of the molecule is Cc1ccc(Oc2cccc(C(C)NC(=O)/C=C/c3cccs3)c2)cn1. The molecule has 4 nitrogen and oxygen atoms in total. The minimum Gasteiger partial charge on any atom is -0.456 e. The summed E-state index contributed by atoms with van der Waals surface area (Å²) < 4.78 is 5.84. The van der Waals surface area contributed by atoms with Crippen LogP contribution in [0.1, 0.15) is 29.1 Å². The number of carbonyl (C=O) groups excluding carboxylic acids is 1. The molecule has 0 aliphatic heterocycles. The summed E-state index contributed by atoms with van der Waals surface area (Å²) in [6, 6.07) is 15.3. The minimum atomic E-state index is -0.129. The maximum absolute atomic E-state index is 12.1. The molecule has 2 aromatic heterocycles. The topological polar surface area (TPSA) is 51.2 Å². The zero-order valence-corrected chi connectivity index (χ0v) is 15.5. The molecule has 2 heterocycles. The van der Waals surface area contributed by atoms with Gasteiger partial charge >= 0.3 is 0 Å². The summed E-state index contributed by atoms with van der Waals surface area (Å²) in [6.45, 7) is 3.88. The van der Waals surface area contributed by atoms with Gasteiger partial charge in [-0.1, -0.05) is 18.2 Å². The number of aromatic nitrogens is 1. The average Bonchev–Trinajstić information content (AvgIpc) is 3.16. The number of benzene rings is 1. The second-order valence-electron chi connectivity index (χ2n) is 5.89. The fourth-order valence-electron chi connectivity index (χ4n) is 2.39. The third-order valence-corrected chi connectivity index (χ3v) is 4.62. The molecule has 0 saturated heterocycles. The molecule has 3 aromatic rings. The predicted octanol–water partition coefficient (Wildman–Crippen LogP) is 5.13. The van der Waals surface area contributed by atoms with Crippen molar-refractivity contribution in [1.29, 1.82) is 0 Å². The number of nitrogens with one attached hydrogen (secondary N) is 1. The molecule has 132 valence electrons. The van der Waals surface area contributed by atoms with E-state index in [0.717, 1.165) is 16.1 Å². The van der Waals surface area contributed by atoms with Crippen LogP contribution in [0.15, 0.2) is 66.2 Å². The Morgan fingerprint density at radius 3 is 2.81 bits per heavy atom. The van der Waals surface area contributed by atoms with Crippen LogP contribution in [-0.4, -0.2) is 10.9 Å². The Labute approximate surface area is 157 Å². The van der Waals surface area contributed by atoms with Gasteiger partial charge in [-0.25, -0.2) is 0 Å². The molecule has 0 aliphatic carbocycles. The van der Waals surface area contributed by atoms with E-state index in [0.29, 0.717) is 11.5 Å². The van der Waals surface area contributed by atoms with Gasteiger partial charge in [0.15, 0.2) is 0 Å². The normalized spacial score (nSPS) is 12.1. The quantitative estimate of drug-likeness (QED) is 0.617. The van der Waals surface area contributed by atoms with Crippen molar-refractivity contribution >= 4 is 23.3 Å². The second-order valence-corrected chi connectivity index (χ2v) is 6.87. The summed E-state index contributed by atoms with van der Waals surface area (Å²) in [5, 5.41) is 4.95. The van der Waals surface area contributed by atoms with Crippen LogP contribution in [0.25, 0.3) is 6.08 Å². The largest absolute Gasteiger partial charge is 0.456 e. The first kappa shape index (κ1) is 17.9. The Bertz CT molecular complexity index is 887. The lowest BCUT2D eigenvalue weighted by Crippen LogP contribution is -2.24. The number of hydrogen-bond donors (Lipinski definition) is 1. The first-order valence-corrected chi connectivity index (χ1v) is 9.21. The summed E-state index contributed by atoms with van der Waals surface area (Å²) in [5.74, 6) is 1.27. The number of rotatable bonds is 6. The van der Waals surface area contributed by atoms with Gasteiger partial charge in [-0.3, -0.25) is 9.78 Å². The predicted molar refractivity (Wildman–Crippen MR) is 105 cm³/mol. The van der Waals surface area contributed by atoms with Crippen molar-refractivity contribution in [2.24, 2.45) is 0 Å². The number of pyridine rings is 1. The average molecular weight is 364 g/mol. The summed E-state index contributed by atoms with van der Waals surface area (Å²) >= 11 is 1.60. The molecule has 1 unspecified atom stereocenters. The van der Waals surface area contributed by atoms with Crippen molar-refractivity contribution in [3.05, 3.63) is 82.3 Å². The highest BCUT2D eigenvalue weighted by molar-refractivity contribution is 7.10. The van der Waals surface area contributed by atoms with Crippen LogP contribution in [0.2, 0.25) is 0 Å². The Morgan fingerprint density at radius 2 is 2.08 bits per heavy atom. The van der Waals surface area contributed by atoms with Gasteiger partial charge in [0.2, 0.25) is 5.91 Å². The lowest BCUT2D eigenvalue weighted by atomic mass is 10.1. The maximum atomic E-state index is 12.1. The molecule has 0 saturated carbocycles. The van der Waals surface area contributed by atoms with E-state index in [1.807, 2.05) is 73.8 Å². The molecule has 0 fully saturated rings. The summed E-state index contributed by atoms with van der Waals surface area (Å²) in [4.78, 5) is 17.4. The monoisotopic (exact) mass is 364 g/mol. The van der Waals surface area contributed by atoms with Crippen LogP contribution in [0, 0.1) is 6.92 Å². The maximum Gasteiger partial charge on any atom is 0.244 e. The van der Waals surface area contributed by atoms with E-state index in [1.54, 1.807) is 23.6 Å². The van der Waals surface area contributed by atoms with Crippen LogP contribution in [0.3, 0.4) is 0 Å². The Hall–Kier alpha value is -2.92. The van der Waals surface area contributed by atoms with Crippen molar-refractivity contribution in [3.63, 3.8) is 0 Å². The number of ether oxygens (including phenoxy) is 1. The Balaban J connectivity index is 1.63. The van der Waals surface area contributed by atoms with E-state index in [2.05, 4.69) is 10.3 Å². The van der Waals surface area contributed by atoms with E-state index in [9.17, 15) is 4.79 Å². The lowest BCUT2D eigenvalue weighted by Gasteiger charge is -2.14. The van der Waals surface area contributed by atoms with Gasteiger partial charge in [0, 0.05) is 16.6 Å². The van der Waals surface area contributed by atoms with Crippen LogP contribution in [-0.2, 0) is 4.79 Å². The lowest BCUT2D eigenvalue weighted by molar-refractivity contribution is -0.117. The third-order valence-electron chi connectivity index (χ3n) is 3.78. The van der Waals surface area contributed by atoms with Gasteiger partial charge in [0.1, 0.15) is 11.5 Å². The highest BCUT2D eigenvalue weighted by atomic mass is 32.1. The van der Waals surface area contributed by atoms with Crippen molar-refractivity contribution in [3.8, 4) is 11.5 Å². The van der Waals surface area contributed by atoms with Gasteiger partial charge < -0.3 is 10.1 Å². The number of carbonyl (C=O) groups is 1. The summed E-state index contributed by atoms with van der Waals surface area (Å²) in [5.41, 5.74) is 1.92. The summed E-state index contributed by atoms with van der Waals surface area (Å²) in [7, 11) is 0. The molecule has 0 aliphatic rings. The van der Waals surface area contributed by atoms with Crippen molar-refractivity contribution in [1.82, 2.24) is 10.3 Å².